The minimum atomic E-state index is -0.123. The molecule has 0 aliphatic rings. The number of imidazole rings is 1. The van der Waals surface area contributed by atoms with E-state index < -0.39 is 0 Å². The molecule has 1 aromatic heterocycles. The molecule has 30 heavy (non-hydrogen) atoms. The first-order valence-corrected chi connectivity index (χ1v) is 9.70. The number of hydrogen-bond donors (Lipinski definition) is 1. The maximum Gasteiger partial charge on any atom is 0.244 e. The standard InChI is InChI=1S/C24H23N3O3/c1-17-8-7-9-18(14-17)25-24(28)15-27-20-11-4-3-10-19(20)26-23(27)16-30-22-13-6-5-12-21(22)29-2/h3-14H,15-16H2,1-2H3,(H,25,28). The number of anilines is 1. The normalized spacial score (nSPS) is 10.7. The summed E-state index contributed by atoms with van der Waals surface area (Å²) in [6.45, 7) is 2.35. The summed E-state index contributed by atoms with van der Waals surface area (Å²) < 4.78 is 13.2. The third kappa shape index (κ3) is 4.27. The summed E-state index contributed by atoms with van der Waals surface area (Å²) in [7, 11) is 1.60. The van der Waals surface area contributed by atoms with Gasteiger partial charge in [-0.05, 0) is 48.9 Å². The SMILES string of the molecule is COc1ccccc1OCc1nc2ccccc2n1CC(=O)Nc1cccc(C)c1. The van der Waals surface area contributed by atoms with Crippen LogP contribution in [0.2, 0.25) is 0 Å². The highest BCUT2D eigenvalue weighted by atomic mass is 16.5. The maximum absolute atomic E-state index is 12.7. The second-order valence-corrected chi connectivity index (χ2v) is 6.96. The second kappa shape index (κ2) is 8.69. The molecule has 4 rings (SSSR count). The molecule has 3 aromatic carbocycles. The largest absolute Gasteiger partial charge is 0.493 e. The Bertz CT molecular complexity index is 1180. The Hall–Kier alpha value is -3.80. The zero-order chi connectivity index (χ0) is 20.9. The van der Waals surface area contributed by atoms with Crippen LogP contribution in [0.15, 0.2) is 72.8 Å². The van der Waals surface area contributed by atoms with Crippen LogP contribution < -0.4 is 14.8 Å². The van der Waals surface area contributed by atoms with Gasteiger partial charge in [0, 0.05) is 5.69 Å². The van der Waals surface area contributed by atoms with Gasteiger partial charge in [-0.1, -0.05) is 36.4 Å². The number of aryl methyl sites for hydroxylation is 1. The smallest absolute Gasteiger partial charge is 0.244 e. The van der Waals surface area contributed by atoms with Gasteiger partial charge in [-0.3, -0.25) is 4.79 Å². The van der Waals surface area contributed by atoms with Crippen molar-refractivity contribution in [2.45, 2.75) is 20.1 Å². The van der Waals surface area contributed by atoms with Gasteiger partial charge in [-0.15, -0.1) is 0 Å². The van der Waals surface area contributed by atoms with Crippen molar-refractivity contribution < 1.29 is 14.3 Å². The number of para-hydroxylation sites is 4. The molecule has 0 aliphatic heterocycles. The molecule has 0 radical (unpaired) electrons. The summed E-state index contributed by atoms with van der Waals surface area (Å²) in [6.07, 6.45) is 0. The molecule has 0 spiro atoms. The zero-order valence-corrected chi connectivity index (χ0v) is 17.0. The van der Waals surface area contributed by atoms with E-state index in [0.29, 0.717) is 17.3 Å². The number of hydrogen-bond acceptors (Lipinski definition) is 4. The van der Waals surface area contributed by atoms with Crippen LogP contribution in [0.3, 0.4) is 0 Å². The van der Waals surface area contributed by atoms with Crippen molar-refractivity contribution in [3.63, 3.8) is 0 Å². The topological polar surface area (TPSA) is 65.4 Å². The summed E-state index contributed by atoms with van der Waals surface area (Å²) in [5, 5.41) is 2.96. The number of nitrogens with one attached hydrogen (secondary N) is 1. The first-order chi connectivity index (χ1) is 14.6. The first-order valence-electron chi connectivity index (χ1n) is 9.70. The minimum absolute atomic E-state index is 0.123. The highest BCUT2D eigenvalue weighted by Gasteiger charge is 2.15. The average molecular weight is 401 g/mol. The molecule has 1 amide bonds. The van der Waals surface area contributed by atoms with Gasteiger partial charge in [-0.25, -0.2) is 4.98 Å². The summed E-state index contributed by atoms with van der Waals surface area (Å²) in [5.41, 5.74) is 3.57. The number of fused-ring (bicyclic) bond motifs is 1. The summed E-state index contributed by atoms with van der Waals surface area (Å²) in [6, 6.07) is 22.9. The lowest BCUT2D eigenvalue weighted by Crippen LogP contribution is -2.20. The van der Waals surface area contributed by atoms with Crippen LogP contribution in [0.4, 0.5) is 5.69 Å². The van der Waals surface area contributed by atoms with Gasteiger partial charge >= 0.3 is 0 Å². The van der Waals surface area contributed by atoms with Crippen molar-refractivity contribution in [3.8, 4) is 11.5 Å². The summed E-state index contributed by atoms with van der Waals surface area (Å²) in [4.78, 5) is 17.4. The number of aromatic nitrogens is 2. The van der Waals surface area contributed by atoms with Crippen molar-refractivity contribution in [2.24, 2.45) is 0 Å². The lowest BCUT2D eigenvalue weighted by molar-refractivity contribution is -0.116. The van der Waals surface area contributed by atoms with Gasteiger partial charge in [0.2, 0.25) is 5.91 Å². The fourth-order valence-electron chi connectivity index (χ4n) is 3.36. The van der Waals surface area contributed by atoms with E-state index in [1.54, 1.807) is 7.11 Å². The van der Waals surface area contributed by atoms with Gasteiger partial charge in [0.05, 0.1) is 18.1 Å². The third-order valence-electron chi connectivity index (χ3n) is 4.76. The molecule has 0 fully saturated rings. The van der Waals surface area contributed by atoms with Crippen molar-refractivity contribution in [2.75, 3.05) is 12.4 Å². The molecule has 0 atom stereocenters. The molecule has 0 unspecified atom stereocenters. The van der Waals surface area contributed by atoms with Gasteiger partial charge in [0.25, 0.3) is 0 Å². The number of nitrogens with zero attached hydrogens (tertiary/aromatic N) is 2. The van der Waals surface area contributed by atoms with E-state index >= 15 is 0 Å². The first kappa shape index (κ1) is 19.5. The van der Waals surface area contributed by atoms with Gasteiger partial charge in [0.15, 0.2) is 11.5 Å². The van der Waals surface area contributed by atoms with Crippen LogP contribution in [0.5, 0.6) is 11.5 Å². The maximum atomic E-state index is 12.7. The van der Waals surface area contributed by atoms with Crippen LogP contribution >= 0.6 is 0 Å². The molecular weight excluding hydrogens is 378 g/mol. The molecule has 152 valence electrons. The van der Waals surface area contributed by atoms with Gasteiger partial charge in [-0.2, -0.15) is 0 Å². The Kier molecular flexibility index (Phi) is 5.66. The summed E-state index contributed by atoms with van der Waals surface area (Å²) in [5.74, 6) is 1.82. The molecule has 6 nitrogen and oxygen atoms in total. The average Bonchev–Trinajstić information content (AvgIpc) is 3.09. The second-order valence-electron chi connectivity index (χ2n) is 6.96. The van der Waals surface area contributed by atoms with E-state index in [1.165, 1.54) is 0 Å². The van der Waals surface area contributed by atoms with Crippen LogP contribution in [0.1, 0.15) is 11.4 Å². The molecule has 0 saturated carbocycles. The number of ether oxygens (including phenoxy) is 2. The lowest BCUT2D eigenvalue weighted by Gasteiger charge is -2.13. The molecule has 1 heterocycles. The predicted molar refractivity (Wildman–Crippen MR) is 117 cm³/mol. The number of methoxy groups -OCH3 is 1. The minimum Gasteiger partial charge on any atom is -0.493 e. The quantitative estimate of drug-likeness (QED) is 0.493. The number of rotatable bonds is 7. The van der Waals surface area contributed by atoms with Crippen molar-refractivity contribution >= 4 is 22.6 Å². The molecule has 1 N–H and O–H groups in total. The fourth-order valence-corrected chi connectivity index (χ4v) is 3.36. The highest BCUT2D eigenvalue weighted by Crippen LogP contribution is 2.27. The molecular formula is C24H23N3O3. The molecule has 0 saturated heterocycles. The Labute approximate surface area is 175 Å². The Morgan fingerprint density at radius 2 is 1.77 bits per heavy atom. The highest BCUT2D eigenvalue weighted by molar-refractivity contribution is 5.91. The number of benzene rings is 3. The zero-order valence-electron chi connectivity index (χ0n) is 17.0. The van der Waals surface area contributed by atoms with E-state index in [4.69, 9.17) is 9.47 Å². The molecule has 0 aliphatic carbocycles. The van der Waals surface area contributed by atoms with E-state index in [9.17, 15) is 4.79 Å². The van der Waals surface area contributed by atoms with E-state index in [2.05, 4.69) is 10.3 Å². The van der Waals surface area contributed by atoms with Gasteiger partial charge < -0.3 is 19.4 Å². The summed E-state index contributed by atoms with van der Waals surface area (Å²) >= 11 is 0. The number of carbonyl (C=O) groups excluding carboxylic acids is 1. The molecule has 0 bridgehead atoms. The van der Waals surface area contributed by atoms with E-state index in [-0.39, 0.29) is 19.1 Å². The van der Waals surface area contributed by atoms with Crippen LogP contribution in [-0.4, -0.2) is 22.6 Å². The van der Waals surface area contributed by atoms with Crippen molar-refractivity contribution in [1.29, 1.82) is 0 Å². The van der Waals surface area contributed by atoms with Crippen LogP contribution in [0.25, 0.3) is 11.0 Å². The number of amides is 1. The number of carbonyl (C=O) groups is 1. The fraction of sp³-hybridized carbons (Fsp3) is 0.167. The van der Waals surface area contributed by atoms with Crippen molar-refractivity contribution in [1.82, 2.24) is 9.55 Å². The van der Waals surface area contributed by atoms with E-state index in [1.807, 2.05) is 84.3 Å². The van der Waals surface area contributed by atoms with E-state index in [0.717, 1.165) is 22.3 Å². The van der Waals surface area contributed by atoms with Gasteiger partial charge in [0.1, 0.15) is 19.0 Å². The molecule has 4 aromatic rings. The Morgan fingerprint density at radius 1 is 1.00 bits per heavy atom. The Balaban J connectivity index is 1.58. The van der Waals surface area contributed by atoms with Crippen LogP contribution in [0, 0.1) is 6.92 Å². The lowest BCUT2D eigenvalue weighted by atomic mass is 10.2. The van der Waals surface area contributed by atoms with Crippen LogP contribution in [-0.2, 0) is 17.9 Å². The monoisotopic (exact) mass is 401 g/mol. The third-order valence-corrected chi connectivity index (χ3v) is 4.76. The molecule has 6 heteroatoms. The van der Waals surface area contributed by atoms with Crippen molar-refractivity contribution in [3.05, 3.63) is 84.2 Å². The Morgan fingerprint density at radius 3 is 2.57 bits per heavy atom. The predicted octanol–water partition coefficient (Wildman–Crippen LogP) is 4.57.